The standard InChI is InChI=1S/C17H15N3O2S2/c1-11(12-6-8-13(21)9-7-12)19-20-16(22)10-23-17-18-14-4-2-3-5-15(14)24-17/h2-9,21H,10H2,1H3,(H,20,22). The number of hydrazone groups is 1. The van der Waals surface area contributed by atoms with Gasteiger partial charge in [-0.25, -0.2) is 5.43 Å². The zero-order valence-corrected chi connectivity index (χ0v) is 14.5. The third-order valence-corrected chi connectivity index (χ3v) is 5.52. The maximum Gasteiger partial charge on any atom is 0.297 e. The summed E-state index contributed by atoms with van der Waals surface area (Å²) < 4.78 is 2.15. The number of amides is 1. The number of hydrogen-bond acceptors (Lipinski definition) is 5. The highest BCUT2D eigenvalue weighted by molar-refractivity contribution is 8.01. The van der Waals surface area contributed by atoms with Crippen molar-refractivity contribution in [2.75, 3.05) is 5.75 Å². The maximum atomic E-state index is 11.9. The van der Waals surface area contributed by atoms with Crippen LogP contribution in [0.3, 0.4) is 0 Å². The Balaban J connectivity index is 1.55. The van der Waals surface area contributed by atoms with E-state index in [9.17, 15) is 9.90 Å². The van der Waals surface area contributed by atoms with Gasteiger partial charge in [0.25, 0.3) is 10.2 Å². The second-order valence-corrected chi connectivity index (χ2v) is 7.35. The number of thioether (sulfide) groups is 1. The van der Waals surface area contributed by atoms with Gasteiger partial charge in [-0.1, -0.05) is 47.7 Å². The number of H-pyrrole nitrogens is 1. The molecule has 0 saturated carbocycles. The number of aromatic nitrogens is 1. The van der Waals surface area contributed by atoms with Crippen molar-refractivity contribution in [1.82, 2.24) is 5.43 Å². The summed E-state index contributed by atoms with van der Waals surface area (Å²) >= 11 is 3.07. The molecule has 0 aliphatic carbocycles. The van der Waals surface area contributed by atoms with Crippen LogP contribution in [0.1, 0.15) is 12.5 Å². The minimum atomic E-state index is -0.175. The molecule has 0 radical (unpaired) electrons. The van der Waals surface area contributed by atoms with Gasteiger partial charge in [0.1, 0.15) is 4.70 Å². The summed E-state index contributed by atoms with van der Waals surface area (Å²) in [5, 5.41) is 15.2. The molecule has 5 nitrogen and oxygen atoms in total. The molecule has 0 saturated heterocycles. The summed E-state index contributed by atoms with van der Waals surface area (Å²) in [6, 6.07) is 14.3. The number of fused-ring (bicyclic) bond motifs is 1. The summed E-state index contributed by atoms with van der Waals surface area (Å²) in [5.41, 5.74) is 5.07. The Bertz CT molecular complexity index is 855. The van der Waals surface area contributed by atoms with Crippen LogP contribution in [0.15, 0.2) is 58.0 Å². The van der Waals surface area contributed by atoms with Crippen LogP contribution < -0.4 is 15.5 Å². The minimum Gasteiger partial charge on any atom is -0.872 e. The summed E-state index contributed by atoms with van der Waals surface area (Å²) in [6.45, 7) is 1.78. The molecule has 1 heterocycles. The average Bonchev–Trinajstić information content (AvgIpc) is 3.01. The average molecular weight is 357 g/mol. The fourth-order valence-corrected chi connectivity index (χ4v) is 3.96. The first-order valence-corrected chi connectivity index (χ1v) is 9.06. The van der Waals surface area contributed by atoms with Gasteiger partial charge in [0.15, 0.2) is 0 Å². The number of rotatable bonds is 5. The van der Waals surface area contributed by atoms with Gasteiger partial charge in [-0.2, -0.15) is 10.1 Å². The molecular weight excluding hydrogens is 342 g/mol. The first-order chi connectivity index (χ1) is 11.6. The zero-order valence-electron chi connectivity index (χ0n) is 12.9. The second-order valence-electron chi connectivity index (χ2n) is 5.06. The zero-order chi connectivity index (χ0) is 16.9. The van der Waals surface area contributed by atoms with Crippen LogP contribution in [-0.4, -0.2) is 17.4 Å². The molecular formula is C17H15N3O2S2. The van der Waals surface area contributed by atoms with E-state index < -0.39 is 0 Å². The molecule has 0 unspecified atom stereocenters. The molecule has 0 bridgehead atoms. The van der Waals surface area contributed by atoms with Crippen molar-refractivity contribution in [3.8, 4) is 5.75 Å². The lowest BCUT2D eigenvalue weighted by molar-refractivity contribution is -0.385. The van der Waals surface area contributed by atoms with E-state index in [4.69, 9.17) is 0 Å². The molecule has 24 heavy (non-hydrogen) atoms. The summed E-state index contributed by atoms with van der Waals surface area (Å²) in [5.74, 6) is 0.0526. The third-order valence-electron chi connectivity index (χ3n) is 3.28. The van der Waals surface area contributed by atoms with Crippen molar-refractivity contribution < 1.29 is 14.9 Å². The first kappa shape index (κ1) is 16.5. The number of nitrogens with zero attached hydrogens (tertiary/aromatic N) is 1. The molecule has 2 N–H and O–H groups in total. The van der Waals surface area contributed by atoms with E-state index in [2.05, 4.69) is 15.5 Å². The third kappa shape index (κ3) is 4.12. The lowest BCUT2D eigenvalue weighted by Crippen LogP contribution is -2.21. The number of para-hydroxylation sites is 1. The Morgan fingerprint density at radius 1 is 1.25 bits per heavy atom. The smallest absolute Gasteiger partial charge is 0.297 e. The van der Waals surface area contributed by atoms with Crippen molar-refractivity contribution >= 4 is 44.9 Å². The van der Waals surface area contributed by atoms with Crippen LogP contribution in [0, 0.1) is 0 Å². The Labute approximate surface area is 147 Å². The van der Waals surface area contributed by atoms with Gasteiger partial charge in [0.2, 0.25) is 5.52 Å². The Hall–Kier alpha value is -2.38. The lowest BCUT2D eigenvalue weighted by Gasteiger charge is -2.06. The van der Waals surface area contributed by atoms with Gasteiger partial charge in [-0.15, -0.1) is 5.75 Å². The highest BCUT2D eigenvalue weighted by atomic mass is 32.2. The predicted molar refractivity (Wildman–Crippen MR) is 95.3 cm³/mol. The van der Waals surface area contributed by atoms with Crippen LogP contribution >= 0.6 is 23.1 Å². The number of carbonyl (C=O) groups is 1. The topological polar surface area (TPSA) is 78.7 Å². The maximum absolute atomic E-state index is 11.9. The van der Waals surface area contributed by atoms with Gasteiger partial charge >= 0.3 is 0 Å². The molecule has 0 aliphatic heterocycles. The monoisotopic (exact) mass is 357 g/mol. The Kier molecular flexibility index (Phi) is 5.12. The van der Waals surface area contributed by atoms with Crippen molar-refractivity contribution in [1.29, 1.82) is 0 Å². The van der Waals surface area contributed by atoms with E-state index in [0.29, 0.717) is 5.71 Å². The molecule has 2 aromatic carbocycles. The van der Waals surface area contributed by atoms with E-state index in [-0.39, 0.29) is 17.4 Å². The Morgan fingerprint density at radius 3 is 2.75 bits per heavy atom. The molecule has 0 aliphatic rings. The molecule has 122 valence electrons. The van der Waals surface area contributed by atoms with Crippen molar-refractivity contribution in [3.63, 3.8) is 0 Å². The van der Waals surface area contributed by atoms with Gasteiger partial charge < -0.3 is 5.11 Å². The Morgan fingerprint density at radius 2 is 2.00 bits per heavy atom. The van der Waals surface area contributed by atoms with Gasteiger partial charge in [-0.05, 0) is 30.3 Å². The molecule has 0 atom stereocenters. The molecule has 0 fully saturated rings. The van der Waals surface area contributed by atoms with Crippen LogP contribution in [0.2, 0.25) is 0 Å². The number of benzene rings is 2. The number of hydrogen-bond donors (Lipinski definition) is 1. The number of nitrogens with one attached hydrogen (secondary N) is 2. The van der Waals surface area contributed by atoms with E-state index in [1.807, 2.05) is 24.3 Å². The van der Waals surface area contributed by atoms with Gasteiger partial charge in [0.05, 0.1) is 11.5 Å². The van der Waals surface area contributed by atoms with Crippen LogP contribution in [-0.2, 0) is 4.79 Å². The minimum absolute atomic E-state index is 0.0495. The summed E-state index contributed by atoms with van der Waals surface area (Å²) in [6.07, 6.45) is 0. The molecule has 3 aromatic rings. The SMILES string of the molecule is CC(=NNC(=O)CSc1[nH+]c2ccccc2s1)c1ccc([O-])cc1. The number of aromatic amines is 1. The fourth-order valence-electron chi connectivity index (χ4n) is 2.03. The highest BCUT2D eigenvalue weighted by Gasteiger charge is 2.12. The summed E-state index contributed by atoms with van der Waals surface area (Å²) in [4.78, 5) is 15.2. The second kappa shape index (κ2) is 7.46. The van der Waals surface area contributed by atoms with Gasteiger partial charge in [-0.3, -0.25) is 4.79 Å². The molecule has 3 rings (SSSR count). The lowest BCUT2D eigenvalue weighted by atomic mass is 10.1. The molecule has 1 amide bonds. The van der Waals surface area contributed by atoms with E-state index in [0.717, 1.165) is 20.1 Å². The quantitative estimate of drug-likeness (QED) is 0.433. The van der Waals surface area contributed by atoms with Crippen molar-refractivity contribution in [2.24, 2.45) is 5.10 Å². The van der Waals surface area contributed by atoms with Crippen LogP contribution in [0.4, 0.5) is 0 Å². The fraction of sp³-hybridized carbons (Fsp3) is 0.118. The number of thiazole rings is 1. The normalized spacial score (nSPS) is 11.6. The van der Waals surface area contributed by atoms with E-state index in [1.165, 1.54) is 23.9 Å². The van der Waals surface area contributed by atoms with Crippen LogP contribution in [0.5, 0.6) is 5.75 Å². The molecule has 7 heteroatoms. The van der Waals surface area contributed by atoms with Crippen molar-refractivity contribution in [3.05, 3.63) is 54.1 Å². The largest absolute Gasteiger partial charge is 0.872 e. The molecule has 0 spiro atoms. The number of carbonyl (C=O) groups excluding carboxylic acids is 1. The predicted octanol–water partition coefficient (Wildman–Crippen LogP) is 2.42. The van der Waals surface area contributed by atoms with Gasteiger partial charge in [0, 0.05) is 6.07 Å². The highest BCUT2D eigenvalue weighted by Crippen LogP contribution is 2.25. The van der Waals surface area contributed by atoms with Crippen LogP contribution in [0.25, 0.3) is 10.2 Å². The van der Waals surface area contributed by atoms with Crippen molar-refractivity contribution in [2.45, 2.75) is 11.3 Å². The molecule has 1 aromatic heterocycles. The summed E-state index contributed by atoms with van der Waals surface area (Å²) in [7, 11) is 0. The van der Waals surface area contributed by atoms with E-state index >= 15 is 0 Å². The van der Waals surface area contributed by atoms with E-state index in [1.54, 1.807) is 30.4 Å². The first-order valence-electron chi connectivity index (χ1n) is 7.26.